The number of hydrogen-bond acceptors (Lipinski definition) is 33. The van der Waals surface area contributed by atoms with Crippen LogP contribution in [0, 0.1) is 69.2 Å². The predicted molar refractivity (Wildman–Crippen MR) is 531 cm³/mol. The van der Waals surface area contributed by atoms with Crippen molar-refractivity contribution in [2.75, 3.05) is 0 Å². The molecule has 4 N–H and O–H groups in total. The van der Waals surface area contributed by atoms with Crippen LogP contribution >= 0.6 is 0 Å². The second-order valence-corrected chi connectivity index (χ2v) is 47.6. The van der Waals surface area contributed by atoms with Gasteiger partial charge in [-0.2, -0.15) is 0 Å². The molecule has 12 heterocycles. The third-order valence-electron chi connectivity index (χ3n) is 29.0. The average molecular weight is 2120 g/mol. The second-order valence-electron chi connectivity index (χ2n) is 47.6. The molecule has 33 nitrogen and oxygen atoms in total. The van der Waals surface area contributed by atoms with Gasteiger partial charge in [-0.25, -0.2) is 0 Å². The SMILES string of the molecule is C=CC[C@H](O)C1(CC)O[C@@H]2OC(C)(C)O[C@@H]2[C@H]1C.C=CC[C@H](OC(=O)C(C)(C)C)C1(CC)O[C@@H]2OC(C)(C)O[C@@H]2[C@H]1C.C=CC[C@H](OC(=O)C(C)(C)C)[C@@]1(C(O)C=C)O[C@@H]2OC(C)(C)O[C@@H]2[C@H]1C.C=CC[C@H](OC(=O)C(C)(C)C)[C@@]1(C=O)O[C@@H]2OC(C)(C)O[C@@H]2[C@H]1C.C[C@@H]1[C@H]2OC(C)(C)O[C@H]2OC12C(O)C=CC[C@@H]2OC(=O)C(C)(C)C.C[C@@H]1[C@H]2OC(C)(C)O[C@H]2OC12[C@@H](OC(=O)C(C)(C)C)CC=C[C@@H]2O.[Br-].[CH-]=C.[Mg+2]. The van der Waals surface area contributed by atoms with Gasteiger partial charge in [0, 0.05) is 67.6 Å². The van der Waals surface area contributed by atoms with Gasteiger partial charge in [-0.15, -0.1) is 32.9 Å². The van der Waals surface area contributed by atoms with E-state index >= 15 is 0 Å². The monoisotopic (exact) mass is 2120 g/mol. The van der Waals surface area contributed by atoms with Crippen molar-refractivity contribution in [3.05, 3.63) is 101 Å². The molecule has 6 unspecified atom stereocenters. The van der Waals surface area contributed by atoms with Crippen molar-refractivity contribution >= 4 is 59.2 Å². The van der Waals surface area contributed by atoms with Crippen molar-refractivity contribution in [1.82, 2.24) is 0 Å². The molecule has 0 aromatic heterocycles. The number of carbonyl (C=O) groups excluding carboxylic acids is 6. The van der Waals surface area contributed by atoms with E-state index in [1.807, 2.05) is 144 Å². The summed E-state index contributed by atoms with van der Waals surface area (Å²) in [6, 6.07) is 0. The fraction of sp³-hybridized carbons (Fsp3) is 0.798. The molecule has 14 rings (SSSR count). The Hall–Kier alpha value is -4.69. The minimum atomic E-state index is -1.32. The summed E-state index contributed by atoms with van der Waals surface area (Å²) in [6.07, 6.45) is 8.46. The van der Waals surface area contributed by atoms with Crippen molar-refractivity contribution in [2.45, 2.75) is 491 Å². The Balaban J connectivity index is 0.000000263. The standard InChI is InChI=1S/C20H32O6.C19H32O5.3C18H28O6.C14H24O4.C2H3.BrH.Mg/c1-9-11-14(23-17(22)18(4,5)6)20(13(21)10-2)12(3)15-16(26-20)25-19(7,8)24-15;1-9-11-13(21-16(20)17(4,5)6)19(10-2)12(3)14-15(24-19)23-18(7,8)22-14;2*1-10-13-14(23-17(5,6)22-13)24-18(10)11(19)8-7-9-12(18)21-15(20)16(2,3)4;1-8-9-12(21-15(20)16(3,4)5)18(10-19)11(2)13-14(24-18)23-17(6,7)22-13;1-6-8-10(15)14(7-2)9(3)11-12(18-14)17-13(4,5)16-11;1-2;;/h9-10,12-16,21H,1-2,11H2,3-8H3;9,12-15H,1,10-11H2,2-8H3;2*7-8,10-14,19H,9H2,1-6H3;8,10-14H,1,9H2,2-7H3;6,9-12,15H,1,7-8H2,2-5H3;1H,2H2;1H;/q;;;;;;-1;;+2/p-1/t12-,13?,14+,15-,16+,20-;12-,13+,14-,15+,19?;10-,11?,12+,13-,14+,18?;10-,11+,12+,13-,14+,18?;11-,12+,13-,14+,18+;9-,10+,11-,12+,14?;;;/m111111.../s1. The van der Waals surface area contributed by atoms with Crippen LogP contribution in [-0.4, -0.2) is 277 Å². The maximum absolute atomic E-state index is 12.5. The number of carbonyl (C=O) groups is 6. The van der Waals surface area contributed by atoms with Gasteiger partial charge < -0.3 is 153 Å². The van der Waals surface area contributed by atoms with Crippen molar-refractivity contribution in [1.29, 1.82) is 0 Å². The van der Waals surface area contributed by atoms with Crippen molar-refractivity contribution in [3.8, 4) is 0 Å². The van der Waals surface area contributed by atoms with E-state index in [4.69, 9.17) is 109 Å². The van der Waals surface area contributed by atoms with Gasteiger partial charge in [0.2, 0.25) is 0 Å². The number of aliphatic hydroxyl groups excluding tert-OH is 4. The van der Waals surface area contributed by atoms with E-state index in [-0.39, 0.29) is 136 Å². The Labute approximate surface area is 883 Å². The number of aldehydes is 1. The van der Waals surface area contributed by atoms with Gasteiger partial charge in [0.15, 0.2) is 84.4 Å². The van der Waals surface area contributed by atoms with Crippen LogP contribution in [0.2, 0.25) is 0 Å². The zero-order chi connectivity index (χ0) is 108. The normalized spacial score (nSPS) is 38.5. The Kier molecular flexibility index (Phi) is 42.2. The summed E-state index contributed by atoms with van der Waals surface area (Å²) in [5, 5.41) is 42.5. The van der Waals surface area contributed by atoms with Gasteiger partial charge in [0.1, 0.15) is 113 Å². The molecule has 144 heavy (non-hydrogen) atoms. The predicted octanol–water partition coefficient (Wildman–Crippen LogP) is 13.1. The van der Waals surface area contributed by atoms with Crippen LogP contribution in [-0.2, 0) is 138 Å². The molecule has 818 valence electrons. The number of halogens is 1. The number of hydrogen-bond donors (Lipinski definition) is 4. The number of esters is 5. The van der Waals surface area contributed by atoms with Crippen LogP contribution in [0.25, 0.3) is 0 Å². The molecule has 12 aliphatic heterocycles. The molecule has 0 aromatic rings. The molecule has 33 atom stereocenters. The molecular weight excluding hydrogens is 1940 g/mol. The van der Waals surface area contributed by atoms with Crippen LogP contribution in [0.1, 0.15) is 294 Å². The number of fused-ring (bicyclic) bond motifs is 6. The van der Waals surface area contributed by atoms with Gasteiger partial charge in [0.05, 0.1) is 33.2 Å². The summed E-state index contributed by atoms with van der Waals surface area (Å²) < 4.78 is 136. The van der Waals surface area contributed by atoms with E-state index in [0.29, 0.717) is 51.2 Å². The minimum Gasteiger partial charge on any atom is -1.00 e. The molecule has 2 aliphatic carbocycles. The number of aliphatic hydroxyl groups is 4. The summed E-state index contributed by atoms with van der Waals surface area (Å²) in [4.78, 5) is 74.1. The summed E-state index contributed by atoms with van der Waals surface area (Å²) in [6.45, 7) is 90.6. The molecule has 35 heteroatoms. The first-order valence-electron chi connectivity index (χ1n) is 50.4. The molecule has 0 bridgehead atoms. The maximum Gasteiger partial charge on any atom is 2.00 e. The van der Waals surface area contributed by atoms with Crippen molar-refractivity contribution in [2.24, 2.45) is 62.6 Å². The van der Waals surface area contributed by atoms with E-state index in [0.717, 1.165) is 6.42 Å². The number of rotatable bonds is 22. The second kappa shape index (κ2) is 47.5. The molecule has 14 aliphatic rings. The maximum atomic E-state index is 12.5. The number of ether oxygens (including phenoxy) is 23. The first-order chi connectivity index (χ1) is 65.1. The third-order valence-corrected chi connectivity index (χ3v) is 29.0. The largest absolute Gasteiger partial charge is 2.00 e. The topological polar surface area (TPSA) is 396 Å². The van der Waals surface area contributed by atoms with Gasteiger partial charge in [0.25, 0.3) is 0 Å². The van der Waals surface area contributed by atoms with Crippen LogP contribution in [0.5, 0.6) is 0 Å². The third kappa shape index (κ3) is 26.8. The van der Waals surface area contributed by atoms with Crippen LogP contribution in [0.4, 0.5) is 0 Å². The molecule has 12 fully saturated rings. The Bertz CT molecular complexity index is 4300. The van der Waals surface area contributed by atoms with Crippen molar-refractivity contribution < 1.29 is 175 Å². The van der Waals surface area contributed by atoms with Crippen molar-refractivity contribution in [3.63, 3.8) is 0 Å². The van der Waals surface area contributed by atoms with E-state index in [2.05, 4.69) is 59.9 Å². The zero-order valence-corrected chi connectivity index (χ0v) is 95.6. The zero-order valence-electron chi connectivity index (χ0n) is 92.6. The summed E-state index contributed by atoms with van der Waals surface area (Å²) >= 11 is 0. The molecule has 0 radical (unpaired) electrons. The van der Waals surface area contributed by atoms with Crippen LogP contribution < -0.4 is 17.0 Å². The Morgan fingerprint density at radius 2 is 0.646 bits per heavy atom. The summed E-state index contributed by atoms with van der Waals surface area (Å²) in [5.74, 6) is -6.80. The smallest absolute Gasteiger partial charge is 1.00 e. The Morgan fingerprint density at radius 1 is 0.375 bits per heavy atom. The summed E-state index contributed by atoms with van der Waals surface area (Å²) in [7, 11) is 0. The van der Waals surface area contributed by atoms with Crippen LogP contribution in [0.15, 0.2) is 94.2 Å². The quantitative estimate of drug-likeness (QED) is 0.0195. The molecule has 0 saturated carbocycles. The van der Waals surface area contributed by atoms with Gasteiger partial charge in [-0.05, 0) is 206 Å². The van der Waals surface area contributed by atoms with E-state index in [9.17, 15) is 49.2 Å². The summed E-state index contributed by atoms with van der Waals surface area (Å²) in [5.41, 5.74) is -9.09. The Morgan fingerprint density at radius 3 is 0.938 bits per heavy atom. The first kappa shape index (κ1) is 128. The average Bonchev–Trinajstić information content (AvgIpc) is 1.58. The van der Waals surface area contributed by atoms with Crippen LogP contribution in [0.3, 0.4) is 0 Å². The van der Waals surface area contributed by atoms with Gasteiger partial charge in [-0.1, -0.05) is 110 Å². The van der Waals surface area contributed by atoms with Gasteiger partial charge in [-0.3, -0.25) is 35.3 Å². The van der Waals surface area contributed by atoms with E-state index in [1.165, 1.54) is 6.08 Å². The van der Waals surface area contributed by atoms with Gasteiger partial charge >= 0.3 is 52.9 Å². The van der Waals surface area contributed by atoms with E-state index < -0.39 is 194 Å². The minimum absolute atomic E-state index is 0. The molecule has 0 amide bonds. The fourth-order valence-corrected chi connectivity index (χ4v) is 21.0. The molecule has 12 saturated heterocycles. The molecular formula is C109H175BrMgO33. The molecule has 0 aromatic carbocycles. The molecule has 2 spiro atoms. The fourth-order valence-electron chi connectivity index (χ4n) is 21.0. The first-order valence-corrected chi connectivity index (χ1v) is 50.4. The van der Waals surface area contributed by atoms with E-state index in [1.54, 1.807) is 133 Å².